The number of carbonyl (C=O) groups is 1. The van der Waals surface area contributed by atoms with Crippen LogP contribution in [0.1, 0.15) is 27.5 Å². The molecule has 4 nitrogen and oxygen atoms in total. The number of amides is 1. The Balaban J connectivity index is 1.61. The van der Waals surface area contributed by atoms with Crippen molar-refractivity contribution in [3.05, 3.63) is 52.0 Å². The molecule has 0 spiro atoms. The standard InChI is InChI=1S/C17H21N3OS/c1-14-5-2-7-16(18-14)17(21)20-9-4-8-19(10-11-20)13-15-6-3-12-22-15/h2-3,5-7,12H,4,8-11,13H2,1H3. The Bertz CT molecular complexity index is 627. The second-order valence-electron chi connectivity index (χ2n) is 5.67. The Morgan fingerprint density at radius 1 is 1.18 bits per heavy atom. The van der Waals surface area contributed by atoms with Gasteiger partial charge in [-0.2, -0.15) is 0 Å². The van der Waals surface area contributed by atoms with Crippen molar-refractivity contribution in [2.75, 3.05) is 26.2 Å². The molecule has 0 aromatic carbocycles. The molecule has 2 aromatic heterocycles. The molecular formula is C17H21N3OS. The average molecular weight is 315 g/mol. The number of hydrogen-bond donors (Lipinski definition) is 0. The number of aromatic nitrogens is 1. The van der Waals surface area contributed by atoms with Gasteiger partial charge in [0.25, 0.3) is 5.91 Å². The summed E-state index contributed by atoms with van der Waals surface area (Å²) in [5.74, 6) is 0.0571. The first-order chi connectivity index (χ1) is 10.7. The summed E-state index contributed by atoms with van der Waals surface area (Å²) in [7, 11) is 0. The van der Waals surface area contributed by atoms with Crippen LogP contribution in [0.15, 0.2) is 35.7 Å². The number of nitrogens with zero attached hydrogens (tertiary/aromatic N) is 3. The fraction of sp³-hybridized carbons (Fsp3) is 0.412. The van der Waals surface area contributed by atoms with Crippen molar-refractivity contribution in [3.63, 3.8) is 0 Å². The third kappa shape index (κ3) is 3.72. The summed E-state index contributed by atoms with van der Waals surface area (Å²) < 4.78 is 0. The number of hydrogen-bond acceptors (Lipinski definition) is 4. The maximum atomic E-state index is 12.6. The van der Waals surface area contributed by atoms with Crippen LogP contribution in [-0.4, -0.2) is 46.9 Å². The molecule has 0 radical (unpaired) electrons. The number of aryl methyl sites for hydroxylation is 1. The Morgan fingerprint density at radius 2 is 2.09 bits per heavy atom. The molecule has 1 aliphatic rings. The van der Waals surface area contributed by atoms with Crippen LogP contribution in [-0.2, 0) is 6.54 Å². The fourth-order valence-electron chi connectivity index (χ4n) is 2.78. The van der Waals surface area contributed by atoms with Gasteiger partial charge in [0.05, 0.1) is 0 Å². The van der Waals surface area contributed by atoms with Crippen LogP contribution in [0, 0.1) is 6.92 Å². The SMILES string of the molecule is Cc1cccc(C(=O)N2CCCN(Cc3cccs3)CC2)n1. The van der Waals surface area contributed by atoms with Gasteiger partial charge in [-0.25, -0.2) is 4.98 Å². The Kier molecular flexibility index (Phi) is 4.85. The van der Waals surface area contributed by atoms with E-state index in [-0.39, 0.29) is 5.91 Å². The molecule has 1 saturated heterocycles. The maximum Gasteiger partial charge on any atom is 0.272 e. The second kappa shape index (κ2) is 7.03. The zero-order chi connectivity index (χ0) is 15.4. The van der Waals surface area contributed by atoms with Crippen LogP contribution in [0.5, 0.6) is 0 Å². The minimum absolute atomic E-state index is 0.0571. The van der Waals surface area contributed by atoms with Crippen molar-refractivity contribution in [3.8, 4) is 0 Å². The predicted octanol–water partition coefficient (Wildman–Crippen LogP) is 2.80. The van der Waals surface area contributed by atoms with Gasteiger partial charge >= 0.3 is 0 Å². The van der Waals surface area contributed by atoms with Crippen molar-refractivity contribution in [2.45, 2.75) is 19.9 Å². The fourth-order valence-corrected chi connectivity index (χ4v) is 3.53. The van der Waals surface area contributed by atoms with Crippen LogP contribution < -0.4 is 0 Å². The van der Waals surface area contributed by atoms with E-state index < -0.39 is 0 Å². The molecule has 3 heterocycles. The molecule has 2 aromatic rings. The van der Waals surface area contributed by atoms with Crippen molar-refractivity contribution < 1.29 is 4.79 Å². The van der Waals surface area contributed by atoms with Gasteiger partial charge in [0.1, 0.15) is 5.69 Å². The molecular weight excluding hydrogens is 294 g/mol. The first-order valence-corrected chi connectivity index (χ1v) is 8.58. The predicted molar refractivity (Wildman–Crippen MR) is 89.1 cm³/mol. The van der Waals surface area contributed by atoms with Crippen molar-refractivity contribution in [1.29, 1.82) is 0 Å². The number of pyridine rings is 1. The van der Waals surface area contributed by atoms with Gasteiger partial charge in [-0.1, -0.05) is 12.1 Å². The van der Waals surface area contributed by atoms with E-state index in [4.69, 9.17) is 0 Å². The molecule has 1 aliphatic heterocycles. The normalized spacial score (nSPS) is 16.5. The van der Waals surface area contributed by atoms with Gasteiger partial charge in [0.15, 0.2) is 0 Å². The highest BCUT2D eigenvalue weighted by molar-refractivity contribution is 7.09. The highest BCUT2D eigenvalue weighted by Crippen LogP contribution is 2.14. The zero-order valence-electron chi connectivity index (χ0n) is 12.9. The lowest BCUT2D eigenvalue weighted by Gasteiger charge is -2.21. The molecule has 0 bridgehead atoms. The van der Waals surface area contributed by atoms with Gasteiger partial charge in [-0.05, 0) is 36.9 Å². The van der Waals surface area contributed by atoms with Gasteiger partial charge in [0, 0.05) is 43.3 Å². The minimum Gasteiger partial charge on any atom is -0.336 e. The molecule has 1 amide bonds. The van der Waals surface area contributed by atoms with E-state index in [1.165, 1.54) is 4.88 Å². The van der Waals surface area contributed by atoms with Crippen LogP contribution in [0.3, 0.4) is 0 Å². The lowest BCUT2D eigenvalue weighted by Crippen LogP contribution is -2.35. The summed E-state index contributed by atoms with van der Waals surface area (Å²) in [6, 6.07) is 9.90. The minimum atomic E-state index is 0.0571. The molecule has 3 rings (SSSR count). The van der Waals surface area contributed by atoms with Gasteiger partial charge in [-0.15, -0.1) is 11.3 Å². The molecule has 5 heteroatoms. The lowest BCUT2D eigenvalue weighted by molar-refractivity contribution is 0.0755. The third-order valence-electron chi connectivity index (χ3n) is 3.94. The molecule has 0 atom stereocenters. The zero-order valence-corrected chi connectivity index (χ0v) is 13.7. The highest BCUT2D eigenvalue weighted by Gasteiger charge is 2.21. The number of carbonyl (C=O) groups excluding carboxylic acids is 1. The summed E-state index contributed by atoms with van der Waals surface area (Å²) >= 11 is 1.80. The molecule has 0 unspecified atom stereocenters. The van der Waals surface area contributed by atoms with Crippen molar-refractivity contribution in [1.82, 2.24) is 14.8 Å². The van der Waals surface area contributed by atoms with E-state index in [1.54, 1.807) is 11.3 Å². The topological polar surface area (TPSA) is 36.4 Å². The Hall–Kier alpha value is -1.72. The molecule has 1 fully saturated rings. The van der Waals surface area contributed by atoms with E-state index in [2.05, 4.69) is 27.4 Å². The molecule has 0 saturated carbocycles. The average Bonchev–Trinajstić information content (AvgIpc) is 2.91. The van der Waals surface area contributed by atoms with Gasteiger partial charge in [0.2, 0.25) is 0 Å². The monoisotopic (exact) mass is 315 g/mol. The first kappa shape index (κ1) is 15.2. The van der Waals surface area contributed by atoms with E-state index in [0.29, 0.717) is 5.69 Å². The van der Waals surface area contributed by atoms with Crippen LogP contribution in [0.2, 0.25) is 0 Å². The quantitative estimate of drug-likeness (QED) is 0.874. The maximum absolute atomic E-state index is 12.6. The summed E-state index contributed by atoms with van der Waals surface area (Å²) in [5, 5.41) is 2.12. The summed E-state index contributed by atoms with van der Waals surface area (Å²) in [4.78, 5) is 22.7. The second-order valence-corrected chi connectivity index (χ2v) is 6.70. The summed E-state index contributed by atoms with van der Waals surface area (Å²) in [5.41, 5.74) is 1.45. The lowest BCUT2D eigenvalue weighted by atomic mass is 10.2. The van der Waals surface area contributed by atoms with E-state index in [9.17, 15) is 4.79 Å². The molecule has 22 heavy (non-hydrogen) atoms. The van der Waals surface area contributed by atoms with E-state index in [1.807, 2.05) is 30.0 Å². The van der Waals surface area contributed by atoms with Gasteiger partial charge in [-0.3, -0.25) is 9.69 Å². The van der Waals surface area contributed by atoms with Crippen LogP contribution in [0.4, 0.5) is 0 Å². The third-order valence-corrected chi connectivity index (χ3v) is 4.80. The van der Waals surface area contributed by atoms with Crippen LogP contribution in [0.25, 0.3) is 0 Å². The number of rotatable bonds is 3. The van der Waals surface area contributed by atoms with Gasteiger partial charge < -0.3 is 4.90 Å². The summed E-state index contributed by atoms with van der Waals surface area (Å²) in [6.07, 6.45) is 1.02. The number of thiophene rings is 1. The Morgan fingerprint density at radius 3 is 2.86 bits per heavy atom. The van der Waals surface area contributed by atoms with Crippen molar-refractivity contribution in [2.24, 2.45) is 0 Å². The molecule has 0 aliphatic carbocycles. The first-order valence-electron chi connectivity index (χ1n) is 7.70. The smallest absolute Gasteiger partial charge is 0.272 e. The largest absolute Gasteiger partial charge is 0.336 e. The molecule has 116 valence electrons. The van der Waals surface area contributed by atoms with E-state index in [0.717, 1.165) is 44.8 Å². The van der Waals surface area contributed by atoms with Crippen LogP contribution >= 0.6 is 11.3 Å². The van der Waals surface area contributed by atoms with E-state index >= 15 is 0 Å². The highest BCUT2D eigenvalue weighted by atomic mass is 32.1. The molecule has 0 N–H and O–H groups in total. The summed E-state index contributed by atoms with van der Waals surface area (Å²) in [6.45, 7) is 6.47. The Labute approximate surface area is 135 Å². The van der Waals surface area contributed by atoms with Crippen molar-refractivity contribution >= 4 is 17.2 Å².